The van der Waals surface area contributed by atoms with Gasteiger partial charge in [0, 0.05) is 196 Å². The number of hydrogen-bond acceptors (Lipinski definition) is 18. The number of aryl methyl sites for hydroxylation is 8. The van der Waals surface area contributed by atoms with Gasteiger partial charge in [0.15, 0.2) is 74.4 Å². The first-order chi connectivity index (χ1) is 62.1. The highest BCUT2D eigenvalue weighted by Crippen LogP contribution is 2.35. The quantitative estimate of drug-likeness (QED) is 0.00932. The van der Waals surface area contributed by atoms with Crippen LogP contribution in [0.25, 0.3) is 10.8 Å². The number of hydrogen-bond donors (Lipinski definition) is 5. The van der Waals surface area contributed by atoms with Gasteiger partial charge in [0.05, 0.1) is 77.4 Å². The molecule has 0 fully saturated rings. The second-order valence-electron chi connectivity index (χ2n) is 31.8. The van der Waals surface area contributed by atoms with E-state index in [1.165, 1.54) is 44.9 Å². The van der Waals surface area contributed by atoms with Crippen molar-refractivity contribution in [2.24, 2.45) is 46.0 Å². The van der Waals surface area contributed by atoms with Gasteiger partial charge in [-0.1, -0.05) is 66.7 Å². The van der Waals surface area contributed by atoms with Crippen LogP contribution < -0.4 is 166 Å². The number of aromatic nitrogens is 6. The first kappa shape index (κ1) is 112. The van der Waals surface area contributed by atoms with Gasteiger partial charge in [-0.05, 0) is 174 Å². The third-order valence-electron chi connectivity index (χ3n) is 21.5. The van der Waals surface area contributed by atoms with E-state index in [2.05, 4.69) is 216 Å². The number of nitrogens with one attached hydrogen (secondary N) is 1. The Morgan fingerprint density at radius 1 is 0.331 bits per heavy atom. The van der Waals surface area contributed by atoms with Gasteiger partial charge in [-0.15, -0.1) is 10.2 Å². The molecule has 0 radical (unpaired) electrons. The zero-order valence-corrected chi connectivity index (χ0v) is 86.6. The van der Waals surface area contributed by atoms with Gasteiger partial charge in [-0.2, -0.15) is 35.8 Å². The van der Waals surface area contributed by atoms with E-state index in [-0.39, 0.29) is 115 Å². The lowest BCUT2D eigenvalue weighted by Crippen LogP contribution is -3.00. The molecular weight excluding hydrogens is 2060 g/mol. The first-order valence-electron chi connectivity index (χ1n) is 44.3. The van der Waals surface area contributed by atoms with E-state index in [4.69, 9.17) is 11.5 Å². The molecule has 0 bridgehead atoms. The van der Waals surface area contributed by atoms with E-state index in [9.17, 15) is 10.2 Å². The molecule has 24 nitrogen and oxygen atoms in total. The van der Waals surface area contributed by atoms with Crippen LogP contribution in [0.3, 0.4) is 0 Å². The van der Waals surface area contributed by atoms with Crippen molar-refractivity contribution >= 4 is 103 Å². The van der Waals surface area contributed by atoms with Crippen molar-refractivity contribution in [2.45, 2.75) is 150 Å². The molecule has 6 heterocycles. The Bertz CT molecular complexity index is 5650. The number of nitrogen functional groups attached to an aromatic ring is 2. The number of anilines is 7. The highest BCUT2D eigenvalue weighted by atomic mass is 79.9. The van der Waals surface area contributed by atoms with Crippen molar-refractivity contribution in [3.63, 3.8) is 0 Å². The predicted octanol–water partition coefficient (Wildman–Crippen LogP) is 1.79. The monoisotopic (exact) mass is 2180 g/mol. The number of nitrogens with two attached hydrogens (primary N) is 2. The van der Waals surface area contributed by atoms with Gasteiger partial charge in [-0.3, -0.25) is 15.0 Å². The van der Waals surface area contributed by atoms with Gasteiger partial charge in [0.1, 0.15) is 45.0 Å². The minimum atomic E-state index is 0. The number of hydrazone groups is 3. The fraction of sp³-hybridized carbons (Fsp3) is 0.291. The molecule has 30 heteroatoms. The van der Waals surface area contributed by atoms with Gasteiger partial charge < -0.3 is 134 Å². The summed E-state index contributed by atoms with van der Waals surface area (Å²) in [5.74, 6) is 0. The second kappa shape index (κ2) is 62.4. The molecule has 7 N–H and O–H groups in total. The molecule has 0 spiro atoms. The average Bonchev–Trinajstić information content (AvgIpc) is 0.789. The molecule has 0 amide bonds. The lowest BCUT2D eigenvalue weighted by atomic mass is 10.1. The summed E-state index contributed by atoms with van der Waals surface area (Å²) in [6, 6.07) is 76.9. The summed E-state index contributed by atoms with van der Waals surface area (Å²) in [7, 11) is 5.87. The third kappa shape index (κ3) is 39.2. The molecule has 6 aromatic heterocycles. The number of unbranched alkanes of at least 4 members (excludes halogenated alkanes) is 9. The summed E-state index contributed by atoms with van der Waals surface area (Å²) < 4.78 is 13.3. The number of aliphatic hydroxyl groups excluding tert-OH is 2. The Kier molecular flexibility index (Phi) is 52.7. The molecule has 702 valence electrons. The number of benzene rings is 7. The van der Waals surface area contributed by atoms with E-state index in [1.807, 2.05) is 255 Å². The highest BCUT2D eigenvalue weighted by molar-refractivity contribution is 6.06. The fourth-order valence-electron chi connectivity index (χ4n) is 14.2. The molecule has 13 rings (SSSR count). The van der Waals surface area contributed by atoms with Crippen molar-refractivity contribution in [1.82, 2.24) is 0 Å². The standard InChI is InChI=1S/C35H45N7O2.C34H38N8.C34H42N7.6BrH/c1-30-28-34(42(24-26-43)25-27-44)12-13-35(30)38-37-32-16-22-41(23-17-32)19-9-4-3-8-18-40-20-14-31(15-21-40)29-36-39(2)33-10-6-5-7-11-33;1-40(29-12-5-4-6-13-29)37-25-27-18-23-41(24-19-27)20-7-2-3-8-21-42-22-10-11-28(26-42)38-39-33-17-16-32(36)34-30(33)14-9-15-31(34)35;1-28(2)36-32-14-15-34(29(3)26-32)38-37-31-18-24-41(25-19-31)21-11-6-5-10-20-40-22-16-30(17-23-40)27-35-39(4)33-12-8-7-9-13-33;;;;;;/h5-7,10-17,20-23,28-29,43-44H,3-4,8-9,18-19,24-27H2,1-2H3;4-6,9-19,22-26H,2-3,7-8,20-21,35-36H2,1H3;7-9,12-19,22-28H,5-6,10-11,20-21H2,1-4H3;6*1H/q2*+2;+1;;;;;;/p-5. The molecule has 0 unspecified atom stereocenters. The number of rotatable bonds is 43. The molecule has 0 aliphatic carbocycles. The summed E-state index contributed by atoms with van der Waals surface area (Å²) >= 11 is 0. The summed E-state index contributed by atoms with van der Waals surface area (Å²) in [5.41, 5.74) is 29.1. The van der Waals surface area contributed by atoms with Crippen molar-refractivity contribution < 1.29 is 140 Å². The van der Waals surface area contributed by atoms with Gasteiger partial charge in [0.2, 0.25) is 0 Å². The summed E-state index contributed by atoms with van der Waals surface area (Å²) in [6.07, 6.45) is 44.9. The summed E-state index contributed by atoms with van der Waals surface area (Å²) in [6.45, 7) is 15.3. The molecule has 13 aromatic rings. The van der Waals surface area contributed by atoms with Gasteiger partial charge in [0.25, 0.3) is 0 Å². The van der Waals surface area contributed by atoms with Crippen LogP contribution in [0.1, 0.15) is 119 Å². The van der Waals surface area contributed by atoms with Crippen LogP contribution in [0, 0.1) is 13.8 Å². The minimum absolute atomic E-state index is 0. The van der Waals surface area contributed by atoms with E-state index in [0.29, 0.717) is 30.5 Å². The van der Waals surface area contributed by atoms with Crippen molar-refractivity contribution in [3.05, 3.63) is 333 Å². The summed E-state index contributed by atoms with van der Waals surface area (Å²) in [4.78, 5) is 1.95. The van der Waals surface area contributed by atoms with Crippen molar-refractivity contribution in [3.8, 4) is 0 Å². The van der Waals surface area contributed by atoms with Gasteiger partial charge in [-0.25, -0.2) is 27.4 Å². The van der Waals surface area contributed by atoms with Crippen LogP contribution in [0.4, 0.5) is 73.9 Å². The Morgan fingerprint density at radius 3 is 1.05 bits per heavy atom. The number of azo groups is 3. The van der Waals surface area contributed by atoms with E-state index in [1.54, 1.807) is 0 Å². The smallest absolute Gasteiger partial charge is 0.196 e. The van der Waals surface area contributed by atoms with Gasteiger partial charge >= 0.3 is 0 Å². The zero-order valence-electron chi connectivity index (χ0n) is 77.0. The topological polar surface area (TPSA) is 252 Å². The van der Waals surface area contributed by atoms with E-state index >= 15 is 0 Å². The molecule has 0 aliphatic rings. The highest BCUT2D eigenvalue weighted by Gasteiger charge is 2.14. The second-order valence-corrected chi connectivity index (χ2v) is 31.8. The number of halogens is 6. The van der Waals surface area contributed by atoms with Crippen LogP contribution in [0.5, 0.6) is 0 Å². The predicted molar refractivity (Wildman–Crippen MR) is 515 cm³/mol. The van der Waals surface area contributed by atoms with Crippen molar-refractivity contribution in [2.75, 3.05) is 84.2 Å². The number of fused-ring (bicyclic) bond motifs is 1. The maximum atomic E-state index is 9.29. The van der Waals surface area contributed by atoms with Crippen LogP contribution in [-0.4, -0.2) is 82.3 Å². The van der Waals surface area contributed by atoms with Crippen LogP contribution in [0.15, 0.2) is 351 Å². The molecular formula is C103H126Br6N22O2. The fourth-order valence-corrected chi connectivity index (χ4v) is 14.2. The normalized spacial score (nSPS) is 11.0. The third-order valence-corrected chi connectivity index (χ3v) is 21.5. The van der Waals surface area contributed by atoms with Crippen molar-refractivity contribution in [1.29, 1.82) is 0 Å². The Balaban J connectivity index is 0.000000345. The number of aliphatic hydroxyl groups is 2. The number of pyridine rings is 6. The number of para-hydroxylation sites is 3. The molecule has 0 saturated carbocycles. The zero-order chi connectivity index (χ0) is 89.0. The lowest BCUT2D eigenvalue weighted by molar-refractivity contribution is -0.698. The SMILES string of the molecule is CN(/N=C\c1cc[n+](CCCCCC[n+]2cccc(N=Nc3ccc(N)c4c(N)cccc34)c2)cc1)c1ccccc1.Cc1cc(N(CCO)CCO)ccc1N=Nc1cc[n+](CCCCCC[n+]2ccc(/C=N\N(C)c3ccccc3)cc2)cc1.Cc1cc(NC(C)C)ccc1N=Nc1cc[n+](CCCCCC[n+]2ccc(/C=N\N(C)c3ccccc3)cc2)cc1.[Br-].[Br-].[Br-].[Br-].[Br-].[Br-]. The van der Waals surface area contributed by atoms with E-state index < -0.39 is 0 Å². The lowest BCUT2D eigenvalue weighted by Gasteiger charge is -2.23. The first-order valence-corrected chi connectivity index (χ1v) is 44.3. The van der Waals surface area contributed by atoms with Crippen LogP contribution in [-0.2, 0) is 39.3 Å². The maximum absolute atomic E-state index is 9.29. The molecule has 133 heavy (non-hydrogen) atoms. The minimum Gasteiger partial charge on any atom is -1.00 e. The van der Waals surface area contributed by atoms with E-state index in [0.717, 1.165) is 173 Å². The molecule has 0 atom stereocenters. The number of nitrogens with zero attached hydrogens (tertiary/aromatic N) is 19. The van der Waals surface area contributed by atoms with Crippen LogP contribution in [0.2, 0.25) is 0 Å². The Hall–Kier alpha value is -11.1. The maximum Gasteiger partial charge on any atom is 0.196 e. The van der Waals surface area contributed by atoms with Crippen LogP contribution >= 0.6 is 0 Å². The summed E-state index contributed by atoms with van der Waals surface area (Å²) in [5, 5.41) is 69.7. The molecule has 0 aliphatic heterocycles. The average molecular weight is 2180 g/mol. The largest absolute Gasteiger partial charge is 1.00 e. The molecule has 0 saturated heterocycles. The Labute approximate surface area is 848 Å². The molecule has 7 aromatic carbocycles. The Morgan fingerprint density at radius 2 is 0.677 bits per heavy atom.